The third kappa shape index (κ3) is 3.61. The van der Waals surface area contributed by atoms with Crippen LogP contribution in [0.3, 0.4) is 0 Å². The second-order valence-corrected chi connectivity index (χ2v) is 6.36. The fourth-order valence-electron chi connectivity index (χ4n) is 3.40. The summed E-state index contributed by atoms with van der Waals surface area (Å²) < 4.78 is 41.6. The number of anilines is 1. The van der Waals surface area contributed by atoms with Gasteiger partial charge in [-0.1, -0.05) is 24.3 Å². The van der Waals surface area contributed by atoms with E-state index < -0.39 is 12.8 Å². The van der Waals surface area contributed by atoms with Crippen molar-refractivity contribution in [3.63, 3.8) is 0 Å². The quantitative estimate of drug-likeness (QED) is 0.652. The monoisotopic (exact) mass is 400 g/mol. The number of para-hydroxylation sites is 2. The van der Waals surface area contributed by atoms with Gasteiger partial charge in [-0.25, -0.2) is 0 Å². The number of alkyl halides is 2. The molecule has 29 heavy (non-hydrogen) atoms. The first-order valence-corrected chi connectivity index (χ1v) is 8.89. The molecule has 1 aliphatic heterocycles. The number of nitrogens with one attached hydrogen (secondary N) is 1. The molecule has 4 rings (SSSR count). The Morgan fingerprint density at radius 2 is 1.97 bits per heavy atom. The topological polar surface area (TPSA) is 63.9 Å². The minimum absolute atomic E-state index is 0.126. The summed E-state index contributed by atoms with van der Waals surface area (Å²) in [5.41, 5.74) is 1.43. The highest BCUT2D eigenvalue weighted by Gasteiger charge is 2.36. The molecule has 3 aromatic rings. The molecule has 1 aromatic heterocycles. The summed E-state index contributed by atoms with van der Waals surface area (Å²) in [6.07, 6.45) is 0.739. The van der Waals surface area contributed by atoms with Crippen LogP contribution >= 0.6 is 0 Å². The normalized spacial score (nSPS) is 15.8. The third-order valence-corrected chi connectivity index (χ3v) is 4.66. The van der Waals surface area contributed by atoms with Crippen molar-refractivity contribution in [3.05, 3.63) is 77.7 Å². The van der Waals surface area contributed by atoms with Crippen molar-refractivity contribution in [3.8, 4) is 11.5 Å². The maximum Gasteiger partial charge on any atom is 0.387 e. The van der Waals surface area contributed by atoms with Gasteiger partial charge in [0, 0.05) is 11.3 Å². The van der Waals surface area contributed by atoms with Crippen molar-refractivity contribution in [2.24, 2.45) is 0 Å². The van der Waals surface area contributed by atoms with E-state index in [0.29, 0.717) is 22.6 Å². The molecule has 0 bridgehead atoms. The highest BCUT2D eigenvalue weighted by molar-refractivity contribution is 6.01. The predicted octanol–water partition coefficient (Wildman–Crippen LogP) is 4.66. The Bertz CT molecular complexity index is 1010. The summed E-state index contributed by atoms with van der Waals surface area (Å²) in [6.45, 7) is -2.90. The summed E-state index contributed by atoms with van der Waals surface area (Å²) in [7, 11) is 1.37. The van der Waals surface area contributed by atoms with E-state index >= 15 is 0 Å². The van der Waals surface area contributed by atoms with Crippen molar-refractivity contribution in [2.75, 3.05) is 12.4 Å². The van der Waals surface area contributed by atoms with Gasteiger partial charge in [-0.2, -0.15) is 8.78 Å². The first-order chi connectivity index (χ1) is 14.1. The standard InChI is InChI=1S/C21H18F2N2O4/c1-27-17-10-4-8-15(18(17)29-21(22)23)19-24-16-9-3-2-7-14(16)20(26)25(19)12-13-6-5-11-28-13/h2-11,19,21,24H,12H2,1H3/t19-/m1/s1. The Labute approximate surface area is 165 Å². The summed E-state index contributed by atoms with van der Waals surface area (Å²) >= 11 is 0. The minimum Gasteiger partial charge on any atom is -0.493 e. The molecule has 0 saturated heterocycles. The molecular weight excluding hydrogens is 382 g/mol. The number of carbonyl (C=O) groups is 1. The number of halogens is 2. The fraction of sp³-hybridized carbons (Fsp3) is 0.190. The number of hydrogen-bond acceptors (Lipinski definition) is 5. The molecule has 1 atom stereocenters. The average molecular weight is 400 g/mol. The smallest absolute Gasteiger partial charge is 0.387 e. The van der Waals surface area contributed by atoms with E-state index in [-0.39, 0.29) is 24.0 Å². The Hall–Kier alpha value is -3.55. The molecule has 150 valence electrons. The number of rotatable bonds is 6. The molecule has 8 heteroatoms. The van der Waals surface area contributed by atoms with Crippen LogP contribution in [0.5, 0.6) is 11.5 Å². The van der Waals surface area contributed by atoms with E-state index in [1.807, 2.05) is 0 Å². The summed E-state index contributed by atoms with van der Waals surface area (Å²) in [4.78, 5) is 14.7. The number of methoxy groups -OCH3 is 1. The lowest BCUT2D eigenvalue weighted by Gasteiger charge is -2.38. The van der Waals surface area contributed by atoms with Crippen LogP contribution in [0.25, 0.3) is 0 Å². The number of fused-ring (bicyclic) bond motifs is 1. The molecule has 1 amide bonds. The second kappa shape index (κ2) is 7.83. The molecule has 2 aromatic carbocycles. The molecule has 0 fully saturated rings. The largest absolute Gasteiger partial charge is 0.493 e. The average Bonchev–Trinajstić information content (AvgIpc) is 3.23. The van der Waals surface area contributed by atoms with Crippen LogP contribution < -0.4 is 14.8 Å². The zero-order valence-electron chi connectivity index (χ0n) is 15.5. The number of amides is 1. The van der Waals surface area contributed by atoms with E-state index in [9.17, 15) is 13.6 Å². The molecule has 1 aliphatic rings. The lowest BCUT2D eigenvalue weighted by Crippen LogP contribution is -2.42. The van der Waals surface area contributed by atoms with Gasteiger partial charge in [-0.15, -0.1) is 0 Å². The maximum atomic E-state index is 13.2. The number of furan rings is 1. The summed E-state index contributed by atoms with van der Waals surface area (Å²) in [5, 5.41) is 3.25. The molecule has 0 radical (unpaired) electrons. The second-order valence-electron chi connectivity index (χ2n) is 6.36. The zero-order valence-corrected chi connectivity index (χ0v) is 15.5. The van der Waals surface area contributed by atoms with E-state index in [1.54, 1.807) is 48.5 Å². The molecule has 6 nitrogen and oxygen atoms in total. The van der Waals surface area contributed by atoms with Crippen LogP contribution in [0.4, 0.5) is 14.5 Å². The number of hydrogen-bond donors (Lipinski definition) is 1. The van der Waals surface area contributed by atoms with Crippen LogP contribution in [0.1, 0.15) is 27.8 Å². The SMILES string of the molecule is COc1cccc([C@@H]2Nc3ccccc3C(=O)N2Cc2ccco2)c1OC(F)F. The van der Waals surface area contributed by atoms with Crippen LogP contribution in [-0.4, -0.2) is 24.5 Å². The first-order valence-electron chi connectivity index (χ1n) is 8.89. The number of benzene rings is 2. The van der Waals surface area contributed by atoms with Crippen molar-refractivity contribution < 1.29 is 27.5 Å². The number of carbonyl (C=O) groups excluding carboxylic acids is 1. The van der Waals surface area contributed by atoms with Crippen LogP contribution in [0.15, 0.2) is 65.3 Å². The highest BCUT2D eigenvalue weighted by Crippen LogP contribution is 2.42. The van der Waals surface area contributed by atoms with Gasteiger partial charge >= 0.3 is 6.61 Å². The highest BCUT2D eigenvalue weighted by atomic mass is 19.3. The molecule has 2 heterocycles. The zero-order chi connectivity index (χ0) is 20.4. The van der Waals surface area contributed by atoms with Gasteiger partial charge in [-0.3, -0.25) is 4.79 Å². The van der Waals surface area contributed by atoms with Gasteiger partial charge in [-0.05, 0) is 30.3 Å². The molecular formula is C21H18F2N2O4. The van der Waals surface area contributed by atoms with Crippen molar-refractivity contribution in [1.29, 1.82) is 0 Å². The molecule has 1 N–H and O–H groups in total. The van der Waals surface area contributed by atoms with Crippen LogP contribution in [-0.2, 0) is 6.54 Å². The van der Waals surface area contributed by atoms with E-state index in [0.717, 1.165) is 0 Å². The Morgan fingerprint density at radius 1 is 1.14 bits per heavy atom. The molecule has 0 unspecified atom stereocenters. The van der Waals surface area contributed by atoms with Crippen molar-refractivity contribution in [1.82, 2.24) is 4.90 Å². The predicted molar refractivity (Wildman–Crippen MR) is 101 cm³/mol. The summed E-state index contributed by atoms with van der Waals surface area (Å²) in [6, 6.07) is 15.3. The number of nitrogens with zero attached hydrogens (tertiary/aromatic N) is 1. The van der Waals surface area contributed by atoms with E-state index in [2.05, 4.69) is 5.32 Å². The Morgan fingerprint density at radius 3 is 2.69 bits per heavy atom. The Kier molecular flexibility index (Phi) is 5.07. The van der Waals surface area contributed by atoms with Gasteiger partial charge in [0.05, 0.1) is 25.5 Å². The number of ether oxygens (including phenoxy) is 2. The Balaban J connectivity index is 1.82. The third-order valence-electron chi connectivity index (χ3n) is 4.66. The van der Waals surface area contributed by atoms with Gasteiger partial charge in [0.2, 0.25) is 0 Å². The van der Waals surface area contributed by atoms with Gasteiger partial charge in [0.1, 0.15) is 11.9 Å². The van der Waals surface area contributed by atoms with Gasteiger partial charge in [0.15, 0.2) is 11.5 Å². The lowest BCUT2D eigenvalue weighted by molar-refractivity contribution is -0.0524. The van der Waals surface area contributed by atoms with Crippen molar-refractivity contribution >= 4 is 11.6 Å². The summed E-state index contributed by atoms with van der Waals surface area (Å²) in [5.74, 6) is 0.323. The van der Waals surface area contributed by atoms with Crippen LogP contribution in [0.2, 0.25) is 0 Å². The van der Waals surface area contributed by atoms with Gasteiger partial charge in [0.25, 0.3) is 5.91 Å². The first kappa shape index (κ1) is 18.8. The fourth-order valence-corrected chi connectivity index (χ4v) is 3.40. The lowest BCUT2D eigenvalue weighted by atomic mass is 10.0. The van der Waals surface area contributed by atoms with E-state index in [1.165, 1.54) is 24.3 Å². The minimum atomic E-state index is -3.05. The van der Waals surface area contributed by atoms with Crippen LogP contribution in [0, 0.1) is 0 Å². The van der Waals surface area contributed by atoms with Crippen molar-refractivity contribution in [2.45, 2.75) is 19.3 Å². The molecule has 0 aliphatic carbocycles. The molecule has 0 spiro atoms. The molecule has 0 saturated carbocycles. The van der Waals surface area contributed by atoms with E-state index in [4.69, 9.17) is 13.9 Å². The maximum absolute atomic E-state index is 13.2. The van der Waals surface area contributed by atoms with Gasteiger partial charge < -0.3 is 24.1 Å².